The zero-order valence-corrected chi connectivity index (χ0v) is 16.8. The number of hydrogen-bond donors (Lipinski definition) is 0. The van der Waals surface area contributed by atoms with Gasteiger partial charge in [-0.15, -0.1) is 0 Å². The summed E-state index contributed by atoms with van der Waals surface area (Å²) in [6.45, 7) is 3.15. The SMILES string of the molecule is CCCCN1C(=O)CC(C(=O)N(C)Cc2ccco2)C1c1ccc(OC)cc1. The van der Waals surface area contributed by atoms with Crippen LogP contribution in [0.25, 0.3) is 0 Å². The molecule has 0 spiro atoms. The highest BCUT2D eigenvalue weighted by Gasteiger charge is 2.45. The van der Waals surface area contributed by atoms with Gasteiger partial charge in [-0.05, 0) is 36.2 Å². The van der Waals surface area contributed by atoms with Crippen molar-refractivity contribution in [1.82, 2.24) is 9.80 Å². The normalized spacial score (nSPS) is 19.1. The average Bonchev–Trinajstić information content (AvgIpc) is 3.33. The molecule has 1 aromatic carbocycles. The lowest BCUT2D eigenvalue weighted by atomic mass is 9.92. The van der Waals surface area contributed by atoms with Crippen LogP contribution in [0, 0.1) is 5.92 Å². The molecular formula is C22H28N2O4. The Morgan fingerprint density at radius 2 is 2.04 bits per heavy atom. The number of carbonyl (C=O) groups excluding carboxylic acids is 2. The third-order valence-corrected chi connectivity index (χ3v) is 5.31. The Labute approximate surface area is 166 Å². The van der Waals surface area contributed by atoms with Crippen molar-refractivity contribution in [2.45, 2.75) is 38.8 Å². The number of methoxy groups -OCH3 is 1. The van der Waals surface area contributed by atoms with Crippen LogP contribution in [0.5, 0.6) is 5.75 Å². The fraction of sp³-hybridized carbons (Fsp3) is 0.455. The zero-order chi connectivity index (χ0) is 20.1. The molecule has 0 radical (unpaired) electrons. The molecule has 2 aromatic rings. The highest BCUT2D eigenvalue weighted by Crippen LogP contribution is 2.40. The minimum absolute atomic E-state index is 0.0374. The van der Waals surface area contributed by atoms with E-state index in [1.165, 1.54) is 0 Å². The van der Waals surface area contributed by atoms with Gasteiger partial charge >= 0.3 is 0 Å². The predicted octanol–water partition coefficient (Wildman–Crippen LogP) is 3.64. The lowest BCUT2D eigenvalue weighted by Crippen LogP contribution is -2.36. The van der Waals surface area contributed by atoms with E-state index in [0.29, 0.717) is 13.1 Å². The third-order valence-electron chi connectivity index (χ3n) is 5.31. The van der Waals surface area contributed by atoms with E-state index in [9.17, 15) is 9.59 Å². The Morgan fingerprint density at radius 3 is 2.64 bits per heavy atom. The molecule has 2 unspecified atom stereocenters. The zero-order valence-electron chi connectivity index (χ0n) is 16.8. The molecule has 0 aliphatic carbocycles. The van der Waals surface area contributed by atoms with Crippen LogP contribution in [0.2, 0.25) is 0 Å². The van der Waals surface area contributed by atoms with E-state index in [1.54, 1.807) is 31.4 Å². The van der Waals surface area contributed by atoms with Gasteiger partial charge < -0.3 is 19.0 Å². The summed E-state index contributed by atoms with van der Waals surface area (Å²) in [6.07, 6.45) is 3.75. The standard InChI is InChI=1S/C22H28N2O4/c1-4-5-12-24-20(25)14-19(21(24)16-8-10-17(27-3)11-9-16)22(26)23(2)15-18-7-6-13-28-18/h6-11,13,19,21H,4-5,12,14-15H2,1-3H3. The second-order valence-electron chi connectivity index (χ2n) is 7.24. The molecule has 1 aliphatic rings. The van der Waals surface area contributed by atoms with Crippen molar-refractivity contribution in [2.24, 2.45) is 5.92 Å². The van der Waals surface area contributed by atoms with Gasteiger partial charge in [-0.25, -0.2) is 0 Å². The molecule has 2 heterocycles. The number of amides is 2. The summed E-state index contributed by atoms with van der Waals surface area (Å²) in [7, 11) is 3.38. The first-order chi connectivity index (χ1) is 13.5. The molecule has 0 N–H and O–H groups in total. The van der Waals surface area contributed by atoms with Gasteiger partial charge in [0, 0.05) is 20.0 Å². The van der Waals surface area contributed by atoms with Crippen LogP contribution in [0.15, 0.2) is 47.1 Å². The first kappa shape index (κ1) is 20.0. The van der Waals surface area contributed by atoms with Crippen LogP contribution in [-0.4, -0.2) is 42.3 Å². The van der Waals surface area contributed by atoms with Crippen molar-refractivity contribution in [3.05, 3.63) is 54.0 Å². The van der Waals surface area contributed by atoms with Crippen LogP contribution in [0.4, 0.5) is 0 Å². The van der Waals surface area contributed by atoms with E-state index in [0.717, 1.165) is 29.9 Å². The summed E-state index contributed by atoms with van der Waals surface area (Å²) in [6, 6.07) is 11.1. The largest absolute Gasteiger partial charge is 0.497 e. The Kier molecular flexibility index (Phi) is 6.39. The minimum Gasteiger partial charge on any atom is -0.497 e. The van der Waals surface area contributed by atoms with Gasteiger partial charge in [0.15, 0.2) is 0 Å². The maximum atomic E-state index is 13.2. The molecule has 1 aromatic heterocycles. The summed E-state index contributed by atoms with van der Waals surface area (Å²) in [5, 5.41) is 0. The van der Waals surface area contributed by atoms with E-state index in [2.05, 4.69) is 6.92 Å². The molecule has 28 heavy (non-hydrogen) atoms. The van der Waals surface area contributed by atoms with Crippen LogP contribution >= 0.6 is 0 Å². The van der Waals surface area contributed by atoms with Crippen molar-refractivity contribution in [3.63, 3.8) is 0 Å². The van der Waals surface area contributed by atoms with Gasteiger partial charge in [-0.1, -0.05) is 25.5 Å². The smallest absolute Gasteiger partial charge is 0.228 e. The van der Waals surface area contributed by atoms with Gasteiger partial charge in [0.25, 0.3) is 0 Å². The van der Waals surface area contributed by atoms with Crippen LogP contribution < -0.4 is 4.74 Å². The number of unbranched alkanes of at least 4 members (excludes halogenated alkanes) is 1. The average molecular weight is 384 g/mol. The van der Waals surface area contributed by atoms with Crippen molar-refractivity contribution in [3.8, 4) is 5.75 Å². The molecule has 2 atom stereocenters. The van der Waals surface area contributed by atoms with E-state index in [-0.39, 0.29) is 24.3 Å². The van der Waals surface area contributed by atoms with Crippen LogP contribution in [0.1, 0.15) is 43.6 Å². The first-order valence-electron chi connectivity index (χ1n) is 9.76. The number of rotatable bonds is 8. The van der Waals surface area contributed by atoms with Gasteiger partial charge in [0.05, 0.1) is 31.9 Å². The van der Waals surface area contributed by atoms with Crippen LogP contribution in [0.3, 0.4) is 0 Å². The molecule has 6 heteroatoms. The Balaban J connectivity index is 1.85. The minimum atomic E-state index is -0.405. The Morgan fingerprint density at radius 1 is 1.29 bits per heavy atom. The number of hydrogen-bond acceptors (Lipinski definition) is 4. The molecule has 2 amide bonds. The molecule has 6 nitrogen and oxygen atoms in total. The fourth-order valence-corrected chi connectivity index (χ4v) is 3.81. The number of likely N-dealkylation sites (tertiary alicyclic amines) is 1. The number of ether oxygens (including phenoxy) is 1. The van der Waals surface area contributed by atoms with Gasteiger partial charge in [0.1, 0.15) is 11.5 Å². The first-order valence-corrected chi connectivity index (χ1v) is 9.76. The monoisotopic (exact) mass is 384 g/mol. The molecule has 0 bridgehead atoms. The van der Waals surface area contributed by atoms with E-state index in [1.807, 2.05) is 35.2 Å². The summed E-state index contributed by atoms with van der Waals surface area (Å²) in [5.74, 6) is 1.08. The van der Waals surface area contributed by atoms with E-state index < -0.39 is 5.92 Å². The quantitative estimate of drug-likeness (QED) is 0.697. The maximum Gasteiger partial charge on any atom is 0.228 e. The number of carbonyl (C=O) groups is 2. The number of furan rings is 1. The van der Waals surface area contributed by atoms with Crippen molar-refractivity contribution >= 4 is 11.8 Å². The third kappa shape index (κ3) is 4.21. The molecule has 3 rings (SSSR count). The van der Waals surface area contributed by atoms with Crippen molar-refractivity contribution in [1.29, 1.82) is 0 Å². The number of nitrogens with zero attached hydrogens (tertiary/aromatic N) is 2. The Bertz CT molecular complexity index is 785. The van der Waals surface area contributed by atoms with Gasteiger partial charge in [-0.2, -0.15) is 0 Å². The summed E-state index contributed by atoms with van der Waals surface area (Å²) in [4.78, 5) is 29.5. The molecular weight excluding hydrogens is 356 g/mol. The van der Waals surface area contributed by atoms with Crippen LogP contribution in [-0.2, 0) is 16.1 Å². The summed E-state index contributed by atoms with van der Waals surface area (Å²) in [5.41, 5.74) is 0.965. The Hall–Kier alpha value is -2.76. The number of benzene rings is 1. The second-order valence-corrected chi connectivity index (χ2v) is 7.24. The van der Waals surface area contributed by atoms with E-state index >= 15 is 0 Å². The second kappa shape index (κ2) is 8.95. The fourth-order valence-electron chi connectivity index (χ4n) is 3.81. The van der Waals surface area contributed by atoms with Gasteiger partial charge in [-0.3, -0.25) is 9.59 Å². The maximum absolute atomic E-state index is 13.2. The molecule has 150 valence electrons. The van der Waals surface area contributed by atoms with Crippen molar-refractivity contribution < 1.29 is 18.7 Å². The molecule has 1 aliphatic heterocycles. The van der Waals surface area contributed by atoms with E-state index in [4.69, 9.17) is 9.15 Å². The summed E-state index contributed by atoms with van der Waals surface area (Å²) >= 11 is 0. The molecule has 1 saturated heterocycles. The lowest BCUT2D eigenvalue weighted by Gasteiger charge is -2.30. The van der Waals surface area contributed by atoms with Gasteiger partial charge in [0.2, 0.25) is 11.8 Å². The summed E-state index contributed by atoms with van der Waals surface area (Å²) < 4.78 is 10.6. The van der Waals surface area contributed by atoms with Crippen molar-refractivity contribution in [2.75, 3.05) is 20.7 Å². The highest BCUT2D eigenvalue weighted by atomic mass is 16.5. The molecule has 1 fully saturated rings. The lowest BCUT2D eigenvalue weighted by molar-refractivity contribution is -0.136. The topological polar surface area (TPSA) is 63.0 Å². The predicted molar refractivity (Wildman–Crippen MR) is 106 cm³/mol. The molecule has 0 saturated carbocycles. The highest BCUT2D eigenvalue weighted by molar-refractivity contribution is 5.90.